The molecule has 2 aliphatic carbocycles. The molecule has 0 heterocycles. The van der Waals surface area contributed by atoms with Gasteiger partial charge in [0.2, 0.25) is 0 Å². The Bertz CT molecular complexity index is 4450. The van der Waals surface area contributed by atoms with Gasteiger partial charge in [0.15, 0.2) is 0 Å². The van der Waals surface area contributed by atoms with Crippen LogP contribution < -0.4 is 37.9 Å². The molecule has 0 radical (unpaired) electrons. The van der Waals surface area contributed by atoms with Crippen LogP contribution in [0.2, 0.25) is 0 Å². The second kappa shape index (κ2) is 44.5. The first kappa shape index (κ1) is 88.6. The van der Waals surface area contributed by atoms with Gasteiger partial charge in [-0.1, -0.05) is 99.0 Å². The van der Waals surface area contributed by atoms with Crippen LogP contribution >= 0.6 is 0 Å². The van der Waals surface area contributed by atoms with Crippen molar-refractivity contribution in [3.05, 3.63) is 265 Å². The molecular weight excluding hydrogens is 1490 g/mol. The molecule has 10 rings (SSSR count). The number of fused-ring (bicyclic) bond motifs is 6. The largest absolute Gasteiger partial charge is 0.494 e. The summed E-state index contributed by atoms with van der Waals surface area (Å²) < 4.78 is 66.8. The fourth-order valence-electron chi connectivity index (χ4n) is 13.6. The van der Waals surface area contributed by atoms with Gasteiger partial charge in [-0.3, -0.25) is 0 Å². The SMILES string of the molecule is C=CC(=O)OCCCC(C)CCOc1ccc(C(=O)Oc2ccc3c(c2)C(C)(C)c2cc(OC(=O)c4ccc(OCCC(C)CCCOC(=O)C=C)cc4)ccc2-3)cc1.C=CC(=O)OCCCC(C)CCOc1ccc(C(=O)Oc2ccc3c(c2)C(C)c2cc(OC(=O)c4ccc(OCCC(C)CCCOC(=O)C=C)cc4)ccc2-3)cc1. The van der Waals surface area contributed by atoms with Crippen molar-refractivity contribution >= 4 is 47.8 Å². The standard InChI is InChI=1S/C49H54O10.C48H52O10/c1-7-45(50)56-27-9-11-33(3)25-29-54-37-17-13-35(14-18-37)47(52)58-39-21-23-41-42-24-22-40(32-44(42)49(5,6)43(41)31-39)59-48(53)36-15-19-38(20-16-36)55-30-26-34(4)12-10-28-57-46(51)8-2;1-6-45(49)55-26-8-10-32(3)24-28-53-37-16-12-35(13-17-37)47(51)57-39-20-22-41-42-23-21-40(31-44(42)34(5)43(41)30-39)58-48(52)36-14-18-38(19-15-36)54-29-25-33(4)11-9-27-56-46(50)7-2/h7-8,13-24,31-34H,1-2,9-12,25-30H2,3-6H3;6-7,12-23,30-34H,1-2,8-11,24-29H2,3-5H3. The Morgan fingerprint density at radius 2 is 0.530 bits per heavy atom. The summed E-state index contributed by atoms with van der Waals surface area (Å²) in [5.41, 5.74) is 9.29. The molecule has 614 valence electrons. The fourth-order valence-corrected chi connectivity index (χ4v) is 13.6. The number of carbonyl (C=O) groups excluding carboxylic acids is 8. The van der Waals surface area contributed by atoms with Gasteiger partial charge in [-0.25, -0.2) is 38.4 Å². The predicted molar refractivity (Wildman–Crippen MR) is 448 cm³/mol. The Morgan fingerprint density at radius 1 is 0.308 bits per heavy atom. The number of benzene rings is 8. The predicted octanol–water partition coefficient (Wildman–Crippen LogP) is 20.3. The number of carbonyl (C=O) groups is 8. The average molecular weight is 1590 g/mol. The normalized spacial score (nSPS) is 13.3. The van der Waals surface area contributed by atoms with Crippen molar-refractivity contribution in [2.45, 2.75) is 137 Å². The Hall–Kier alpha value is -12.3. The van der Waals surface area contributed by atoms with Gasteiger partial charge >= 0.3 is 47.8 Å². The van der Waals surface area contributed by atoms with Crippen LogP contribution in [0.3, 0.4) is 0 Å². The number of rotatable bonds is 44. The first-order chi connectivity index (χ1) is 56.4. The summed E-state index contributed by atoms with van der Waals surface area (Å²) in [5.74, 6) is 2.48. The van der Waals surface area contributed by atoms with E-state index >= 15 is 0 Å². The molecule has 0 amide bonds. The molecule has 0 aliphatic heterocycles. The number of hydrogen-bond donors (Lipinski definition) is 0. The summed E-state index contributed by atoms with van der Waals surface area (Å²) in [6.07, 6.45) is 14.8. The van der Waals surface area contributed by atoms with E-state index in [0.29, 0.717) is 145 Å². The van der Waals surface area contributed by atoms with Crippen molar-refractivity contribution < 1.29 is 95.2 Å². The Balaban J connectivity index is 0.000000267. The van der Waals surface area contributed by atoms with Crippen molar-refractivity contribution in [2.24, 2.45) is 23.7 Å². The maximum atomic E-state index is 13.1. The summed E-state index contributed by atoms with van der Waals surface area (Å²) >= 11 is 0. The van der Waals surface area contributed by atoms with E-state index in [4.69, 9.17) is 56.8 Å². The molecule has 0 spiro atoms. The van der Waals surface area contributed by atoms with E-state index in [0.717, 1.165) is 146 Å². The van der Waals surface area contributed by atoms with Crippen molar-refractivity contribution in [3.8, 4) is 68.2 Å². The van der Waals surface area contributed by atoms with E-state index in [9.17, 15) is 38.4 Å². The lowest BCUT2D eigenvalue weighted by Crippen LogP contribution is -2.16. The van der Waals surface area contributed by atoms with Crippen LogP contribution in [0.15, 0.2) is 220 Å². The summed E-state index contributed by atoms with van der Waals surface area (Å²) in [6.45, 7) is 32.0. The van der Waals surface area contributed by atoms with Gasteiger partial charge < -0.3 is 56.8 Å². The Labute approximate surface area is 686 Å². The first-order valence-electron chi connectivity index (χ1n) is 40.0. The van der Waals surface area contributed by atoms with E-state index in [1.165, 1.54) is 0 Å². The van der Waals surface area contributed by atoms with Crippen molar-refractivity contribution in [2.75, 3.05) is 52.9 Å². The van der Waals surface area contributed by atoms with Crippen LogP contribution in [0, 0.1) is 23.7 Å². The smallest absolute Gasteiger partial charge is 0.343 e. The van der Waals surface area contributed by atoms with Crippen LogP contribution in [-0.4, -0.2) is 101 Å². The molecule has 0 bridgehead atoms. The van der Waals surface area contributed by atoms with Gasteiger partial charge in [0.1, 0.15) is 46.0 Å². The maximum Gasteiger partial charge on any atom is 0.343 e. The summed E-state index contributed by atoms with van der Waals surface area (Å²) in [4.78, 5) is 97.0. The van der Waals surface area contributed by atoms with Crippen LogP contribution in [0.4, 0.5) is 0 Å². The van der Waals surface area contributed by atoms with Gasteiger partial charge in [-0.2, -0.15) is 0 Å². The van der Waals surface area contributed by atoms with E-state index in [1.807, 2.05) is 48.5 Å². The molecule has 20 heteroatoms. The van der Waals surface area contributed by atoms with Gasteiger partial charge in [0.05, 0.1) is 75.1 Å². The minimum absolute atomic E-state index is 0.0230. The third-order valence-electron chi connectivity index (χ3n) is 20.6. The van der Waals surface area contributed by atoms with Crippen LogP contribution in [-0.2, 0) is 43.5 Å². The molecule has 20 nitrogen and oxygen atoms in total. The highest BCUT2D eigenvalue weighted by Crippen LogP contribution is 2.51. The minimum Gasteiger partial charge on any atom is -0.494 e. The molecule has 0 saturated carbocycles. The van der Waals surface area contributed by atoms with Gasteiger partial charge in [-0.05, 0) is 291 Å². The second-order valence-electron chi connectivity index (χ2n) is 29.9. The summed E-state index contributed by atoms with van der Waals surface area (Å²) in [6, 6.07) is 50.1. The van der Waals surface area contributed by atoms with Crippen LogP contribution in [0.1, 0.15) is 195 Å². The number of esters is 8. The zero-order chi connectivity index (χ0) is 83.8. The molecular formula is C97H106O20. The highest BCUT2D eigenvalue weighted by molar-refractivity contribution is 5.94. The minimum atomic E-state index is -0.476. The van der Waals surface area contributed by atoms with Gasteiger partial charge in [0.25, 0.3) is 0 Å². The average Bonchev–Trinajstić information content (AvgIpc) is 1.58. The molecule has 8 aromatic rings. The fraction of sp³-hybridized carbons (Fsp3) is 0.340. The summed E-state index contributed by atoms with van der Waals surface area (Å²) in [7, 11) is 0. The lowest BCUT2D eigenvalue weighted by atomic mass is 9.82. The molecule has 8 aromatic carbocycles. The summed E-state index contributed by atoms with van der Waals surface area (Å²) in [5, 5.41) is 0. The zero-order valence-corrected chi connectivity index (χ0v) is 68.0. The number of ether oxygens (including phenoxy) is 12. The van der Waals surface area contributed by atoms with E-state index in [-0.39, 0.29) is 5.92 Å². The molecule has 4 atom stereocenters. The molecule has 2 aliphatic rings. The number of hydrogen-bond acceptors (Lipinski definition) is 20. The molecule has 0 aromatic heterocycles. The molecule has 117 heavy (non-hydrogen) atoms. The highest BCUT2D eigenvalue weighted by Gasteiger charge is 2.37. The molecule has 4 unspecified atom stereocenters. The Kier molecular flexibility index (Phi) is 33.7. The maximum absolute atomic E-state index is 13.1. The van der Waals surface area contributed by atoms with Gasteiger partial charge in [0, 0.05) is 35.6 Å². The topological polar surface area (TPSA) is 247 Å². The van der Waals surface area contributed by atoms with Crippen molar-refractivity contribution in [3.63, 3.8) is 0 Å². The van der Waals surface area contributed by atoms with E-state index < -0.39 is 53.2 Å². The molecule has 0 N–H and O–H groups in total. The Morgan fingerprint density at radius 3 is 0.769 bits per heavy atom. The van der Waals surface area contributed by atoms with E-state index in [1.54, 1.807) is 121 Å². The monoisotopic (exact) mass is 1590 g/mol. The third-order valence-corrected chi connectivity index (χ3v) is 20.6. The molecule has 0 fully saturated rings. The lowest BCUT2D eigenvalue weighted by Gasteiger charge is -2.22. The van der Waals surface area contributed by atoms with Crippen molar-refractivity contribution in [1.29, 1.82) is 0 Å². The van der Waals surface area contributed by atoms with Crippen molar-refractivity contribution in [1.82, 2.24) is 0 Å². The zero-order valence-electron chi connectivity index (χ0n) is 68.0. The van der Waals surface area contributed by atoms with Crippen LogP contribution in [0.5, 0.6) is 46.0 Å². The third kappa shape index (κ3) is 26.9. The van der Waals surface area contributed by atoms with Crippen LogP contribution in [0.25, 0.3) is 22.3 Å². The first-order valence-corrected chi connectivity index (χ1v) is 40.0. The van der Waals surface area contributed by atoms with Gasteiger partial charge in [-0.15, -0.1) is 0 Å². The second-order valence-corrected chi connectivity index (χ2v) is 29.9. The quantitative estimate of drug-likeness (QED) is 0.0113. The molecule has 0 saturated heterocycles. The highest BCUT2D eigenvalue weighted by atomic mass is 16.6. The van der Waals surface area contributed by atoms with E-state index in [2.05, 4.69) is 74.8 Å². The lowest BCUT2D eigenvalue weighted by molar-refractivity contribution is -0.138.